The molecular weight excluding hydrogens is 461 g/mol. The van der Waals surface area contributed by atoms with Gasteiger partial charge in [0.1, 0.15) is 10.9 Å². The molecule has 5 rings (SSSR count). The van der Waals surface area contributed by atoms with Crippen molar-refractivity contribution >= 4 is 51.4 Å². The van der Waals surface area contributed by atoms with Crippen molar-refractivity contribution in [1.29, 1.82) is 5.41 Å². The summed E-state index contributed by atoms with van der Waals surface area (Å²) in [6.45, 7) is 3.84. The van der Waals surface area contributed by atoms with Crippen molar-refractivity contribution < 1.29 is 9.18 Å². The number of amidine groups is 2. The molecule has 2 aliphatic heterocycles. The molecule has 0 bridgehead atoms. The Labute approximate surface area is 198 Å². The van der Waals surface area contributed by atoms with Crippen molar-refractivity contribution in [2.45, 2.75) is 13.8 Å². The lowest BCUT2D eigenvalue weighted by molar-refractivity contribution is -0.114. The van der Waals surface area contributed by atoms with Crippen molar-refractivity contribution in [2.24, 2.45) is 10.1 Å². The van der Waals surface area contributed by atoms with Crippen LogP contribution in [0.3, 0.4) is 0 Å². The van der Waals surface area contributed by atoms with Gasteiger partial charge < -0.3 is 4.57 Å². The van der Waals surface area contributed by atoms with Gasteiger partial charge in [-0.15, -0.1) is 0 Å². The molecule has 0 saturated carbocycles. The second kappa shape index (κ2) is 8.13. The van der Waals surface area contributed by atoms with Crippen LogP contribution in [0.25, 0.3) is 11.8 Å². The van der Waals surface area contributed by atoms with Crippen molar-refractivity contribution in [3.8, 4) is 5.69 Å². The number of thioether (sulfide) groups is 1. The second-order valence-corrected chi connectivity index (χ2v) is 8.91. The van der Waals surface area contributed by atoms with E-state index in [0.717, 1.165) is 28.2 Å². The number of aliphatic imine (C=N–C) groups is 1. The van der Waals surface area contributed by atoms with Gasteiger partial charge in [0.2, 0.25) is 5.17 Å². The van der Waals surface area contributed by atoms with Gasteiger partial charge in [0, 0.05) is 22.6 Å². The van der Waals surface area contributed by atoms with E-state index in [9.17, 15) is 9.18 Å². The van der Waals surface area contributed by atoms with Crippen molar-refractivity contribution in [2.75, 3.05) is 0 Å². The van der Waals surface area contributed by atoms with Gasteiger partial charge in [0.05, 0.1) is 10.6 Å². The molecule has 0 atom stereocenters. The number of amides is 1. The van der Waals surface area contributed by atoms with Crippen molar-refractivity contribution in [1.82, 2.24) is 9.58 Å². The van der Waals surface area contributed by atoms with Gasteiger partial charge in [0.25, 0.3) is 5.91 Å². The minimum atomic E-state index is -0.499. The molecule has 9 heteroatoms. The van der Waals surface area contributed by atoms with Gasteiger partial charge in [-0.25, -0.2) is 4.39 Å². The van der Waals surface area contributed by atoms with Crippen LogP contribution in [0.4, 0.5) is 4.39 Å². The summed E-state index contributed by atoms with van der Waals surface area (Å²) in [6.07, 6.45) is 1.65. The van der Waals surface area contributed by atoms with Gasteiger partial charge in [-0.3, -0.25) is 10.2 Å². The third-order valence-electron chi connectivity index (χ3n) is 5.41. The number of benzene rings is 2. The Bertz CT molecular complexity index is 1420. The molecule has 2 aliphatic rings. The summed E-state index contributed by atoms with van der Waals surface area (Å²) in [7, 11) is 0. The molecule has 3 heterocycles. The summed E-state index contributed by atoms with van der Waals surface area (Å²) in [4.78, 5) is 17.0. The van der Waals surface area contributed by atoms with Crippen LogP contribution in [0.15, 0.2) is 70.3 Å². The quantitative estimate of drug-likeness (QED) is 0.502. The van der Waals surface area contributed by atoms with Crippen LogP contribution in [0.5, 0.6) is 0 Å². The predicted molar refractivity (Wildman–Crippen MR) is 131 cm³/mol. The zero-order chi connectivity index (χ0) is 23.3. The van der Waals surface area contributed by atoms with E-state index in [0.29, 0.717) is 15.2 Å². The molecule has 0 radical (unpaired) electrons. The standard InChI is InChI=1S/C24H17ClFN5OS/c1-13-11-15(14(2)30(13)17-9-7-16(26)8-10-17)12-19-21(27)31-24(28-22(19)32)33-23(29-31)18-5-3-4-6-20(18)25/h3-12,27H,1-2H3/b19-12+,27-21?. The third kappa shape index (κ3) is 3.71. The number of carbonyl (C=O) groups is 1. The molecule has 1 N–H and O–H groups in total. The number of hydrogen-bond acceptors (Lipinski definition) is 4. The van der Waals surface area contributed by atoms with Crippen LogP contribution in [0.2, 0.25) is 5.02 Å². The van der Waals surface area contributed by atoms with E-state index in [1.807, 2.05) is 42.7 Å². The Kier molecular flexibility index (Phi) is 5.26. The number of aromatic nitrogens is 1. The highest BCUT2D eigenvalue weighted by Gasteiger charge is 2.36. The summed E-state index contributed by atoms with van der Waals surface area (Å²) < 4.78 is 15.3. The number of rotatable bonds is 3. The third-order valence-corrected chi connectivity index (χ3v) is 6.69. The van der Waals surface area contributed by atoms with E-state index in [1.54, 1.807) is 24.3 Å². The number of fused-ring (bicyclic) bond motifs is 1. The Morgan fingerprint density at radius 1 is 1.12 bits per heavy atom. The first kappa shape index (κ1) is 21.4. The van der Waals surface area contributed by atoms with E-state index in [-0.39, 0.29) is 17.2 Å². The van der Waals surface area contributed by atoms with Gasteiger partial charge >= 0.3 is 0 Å². The maximum absolute atomic E-state index is 13.4. The SMILES string of the molecule is Cc1cc(/C=C2\C(=N)N3N=C(c4ccccc4Cl)SC3=NC2=O)c(C)n1-c1ccc(F)cc1. The minimum Gasteiger partial charge on any atom is -0.318 e. The van der Waals surface area contributed by atoms with Crippen LogP contribution in [0.1, 0.15) is 22.5 Å². The van der Waals surface area contributed by atoms with E-state index in [2.05, 4.69) is 10.1 Å². The number of carbonyl (C=O) groups excluding carboxylic acids is 1. The molecule has 6 nitrogen and oxygen atoms in total. The van der Waals surface area contributed by atoms with Gasteiger partial charge in [-0.2, -0.15) is 15.1 Å². The smallest absolute Gasteiger partial charge is 0.283 e. The topological polar surface area (TPSA) is 73.8 Å². The number of nitrogens with zero attached hydrogens (tertiary/aromatic N) is 4. The molecule has 0 aliphatic carbocycles. The summed E-state index contributed by atoms with van der Waals surface area (Å²) in [5.41, 5.74) is 4.22. The Hall–Kier alpha value is -3.49. The molecule has 1 aromatic heterocycles. The molecule has 1 amide bonds. The number of nitrogens with one attached hydrogen (secondary N) is 1. The van der Waals surface area contributed by atoms with Crippen LogP contribution in [-0.2, 0) is 4.79 Å². The van der Waals surface area contributed by atoms with E-state index < -0.39 is 5.91 Å². The lowest BCUT2D eigenvalue weighted by Gasteiger charge is -2.20. The Morgan fingerprint density at radius 3 is 2.58 bits per heavy atom. The molecule has 3 aromatic rings. The first-order chi connectivity index (χ1) is 15.8. The lowest BCUT2D eigenvalue weighted by Crippen LogP contribution is -2.35. The normalized spacial score (nSPS) is 16.8. The largest absolute Gasteiger partial charge is 0.318 e. The monoisotopic (exact) mass is 477 g/mol. The highest BCUT2D eigenvalue weighted by Crippen LogP contribution is 2.33. The summed E-state index contributed by atoms with van der Waals surface area (Å²) in [5.74, 6) is -0.856. The average molecular weight is 478 g/mol. The molecule has 2 aromatic carbocycles. The molecule has 0 fully saturated rings. The fraction of sp³-hybridized carbons (Fsp3) is 0.0833. The average Bonchev–Trinajstić information content (AvgIpc) is 3.33. The predicted octanol–water partition coefficient (Wildman–Crippen LogP) is 5.55. The number of aryl methyl sites for hydroxylation is 1. The fourth-order valence-corrected chi connectivity index (χ4v) is 5.02. The van der Waals surface area contributed by atoms with Gasteiger partial charge in [-0.05, 0) is 73.6 Å². The number of hydrogen-bond donors (Lipinski definition) is 1. The highest BCUT2D eigenvalue weighted by atomic mass is 35.5. The first-order valence-electron chi connectivity index (χ1n) is 10.0. The highest BCUT2D eigenvalue weighted by molar-refractivity contribution is 8.27. The van der Waals surface area contributed by atoms with Crippen molar-refractivity contribution in [3.63, 3.8) is 0 Å². The zero-order valence-electron chi connectivity index (χ0n) is 17.6. The fourth-order valence-electron chi connectivity index (χ4n) is 3.81. The van der Waals surface area contributed by atoms with Crippen LogP contribution < -0.4 is 0 Å². The number of hydrazone groups is 1. The summed E-state index contributed by atoms with van der Waals surface area (Å²) in [6, 6.07) is 15.4. The molecule has 33 heavy (non-hydrogen) atoms. The van der Waals surface area contributed by atoms with E-state index in [1.165, 1.54) is 28.9 Å². The van der Waals surface area contributed by atoms with Crippen LogP contribution in [0, 0.1) is 25.1 Å². The lowest BCUT2D eigenvalue weighted by atomic mass is 10.1. The minimum absolute atomic E-state index is 0.0499. The Morgan fingerprint density at radius 2 is 1.85 bits per heavy atom. The Balaban J connectivity index is 1.52. The summed E-state index contributed by atoms with van der Waals surface area (Å²) in [5, 5.41) is 15.9. The van der Waals surface area contributed by atoms with Gasteiger partial charge in [0.15, 0.2) is 5.84 Å². The molecular formula is C24H17ClFN5OS. The molecule has 164 valence electrons. The first-order valence-corrected chi connectivity index (χ1v) is 11.2. The molecule has 0 saturated heterocycles. The van der Waals surface area contributed by atoms with Gasteiger partial charge in [-0.1, -0.05) is 29.8 Å². The van der Waals surface area contributed by atoms with Crippen LogP contribution in [-0.4, -0.2) is 31.5 Å². The molecule has 0 spiro atoms. The van der Waals surface area contributed by atoms with E-state index in [4.69, 9.17) is 17.0 Å². The maximum atomic E-state index is 13.4. The van der Waals surface area contributed by atoms with E-state index >= 15 is 0 Å². The second-order valence-electron chi connectivity index (χ2n) is 7.54. The zero-order valence-corrected chi connectivity index (χ0v) is 19.2. The number of halogens is 2. The maximum Gasteiger partial charge on any atom is 0.283 e. The van der Waals surface area contributed by atoms with Crippen molar-refractivity contribution in [3.05, 3.63) is 93.5 Å². The summed E-state index contributed by atoms with van der Waals surface area (Å²) >= 11 is 7.49. The molecule has 0 unspecified atom stereocenters. The van der Waals surface area contributed by atoms with Crippen LogP contribution >= 0.6 is 23.4 Å².